The van der Waals surface area contributed by atoms with Crippen molar-refractivity contribution in [3.63, 3.8) is 0 Å². The predicted octanol–water partition coefficient (Wildman–Crippen LogP) is 0.499. The average molecular weight is 196 g/mol. The summed E-state index contributed by atoms with van der Waals surface area (Å²) in [5.74, 6) is -0.520. The highest BCUT2D eigenvalue weighted by Gasteiger charge is 2.16. The standard InChI is InChI=1S/C10H12O4/c1-14-10(13)8-5-3-2-4-7(8)9(12)6-11/h2-5,9,11-12H,6H2,1H3/t9-/m1/s1. The Balaban J connectivity index is 3.09. The molecule has 0 aliphatic heterocycles. The smallest absolute Gasteiger partial charge is 0.338 e. The predicted molar refractivity (Wildman–Crippen MR) is 49.8 cm³/mol. The van der Waals surface area contributed by atoms with Gasteiger partial charge in [-0.15, -0.1) is 0 Å². The van der Waals surface area contributed by atoms with Crippen molar-refractivity contribution >= 4 is 5.97 Å². The molecule has 0 saturated carbocycles. The van der Waals surface area contributed by atoms with Crippen LogP contribution in [0, 0.1) is 0 Å². The molecule has 2 N–H and O–H groups in total. The van der Waals surface area contributed by atoms with E-state index in [4.69, 9.17) is 5.11 Å². The molecule has 0 saturated heterocycles. The summed E-state index contributed by atoms with van der Waals surface area (Å²) in [6, 6.07) is 6.47. The number of aliphatic hydroxyl groups excluding tert-OH is 2. The van der Waals surface area contributed by atoms with Crippen LogP contribution in [0.25, 0.3) is 0 Å². The molecule has 4 heteroatoms. The maximum atomic E-state index is 11.2. The zero-order valence-corrected chi connectivity index (χ0v) is 7.80. The average Bonchev–Trinajstić information content (AvgIpc) is 2.27. The third-order valence-electron chi connectivity index (χ3n) is 1.90. The summed E-state index contributed by atoms with van der Waals surface area (Å²) in [5.41, 5.74) is 0.651. The molecule has 0 radical (unpaired) electrons. The lowest BCUT2D eigenvalue weighted by molar-refractivity contribution is 0.0582. The zero-order chi connectivity index (χ0) is 10.6. The van der Waals surface area contributed by atoms with E-state index in [1.165, 1.54) is 7.11 Å². The Morgan fingerprint density at radius 2 is 2.14 bits per heavy atom. The van der Waals surface area contributed by atoms with E-state index in [0.29, 0.717) is 5.56 Å². The van der Waals surface area contributed by atoms with E-state index in [-0.39, 0.29) is 5.56 Å². The highest BCUT2D eigenvalue weighted by molar-refractivity contribution is 5.91. The van der Waals surface area contributed by atoms with Crippen molar-refractivity contribution in [3.05, 3.63) is 35.4 Å². The third kappa shape index (κ3) is 2.10. The van der Waals surface area contributed by atoms with E-state index < -0.39 is 18.7 Å². The molecule has 0 spiro atoms. The first-order valence-electron chi connectivity index (χ1n) is 4.17. The first kappa shape index (κ1) is 10.7. The van der Waals surface area contributed by atoms with E-state index >= 15 is 0 Å². The van der Waals surface area contributed by atoms with Crippen LogP contribution in [0.5, 0.6) is 0 Å². The molecule has 1 rings (SSSR count). The molecule has 0 aromatic heterocycles. The molecule has 0 heterocycles. The van der Waals surface area contributed by atoms with E-state index in [9.17, 15) is 9.90 Å². The van der Waals surface area contributed by atoms with Gasteiger partial charge in [0.2, 0.25) is 0 Å². The number of benzene rings is 1. The van der Waals surface area contributed by atoms with Crippen LogP contribution in [-0.2, 0) is 4.74 Å². The van der Waals surface area contributed by atoms with Gasteiger partial charge in [-0.2, -0.15) is 0 Å². The van der Waals surface area contributed by atoms with Gasteiger partial charge in [0, 0.05) is 0 Å². The maximum Gasteiger partial charge on any atom is 0.338 e. The number of methoxy groups -OCH3 is 1. The summed E-state index contributed by atoms with van der Waals surface area (Å²) in [4.78, 5) is 11.2. The molecule has 1 aromatic rings. The summed E-state index contributed by atoms with van der Waals surface area (Å²) in [6.07, 6.45) is -1.05. The Hall–Kier alpha value is -1.39. The topological polar surface area (TPSA) is 66.8 Å². The van der Waals surface area contributed by atoms with Crippen molar-refractivity contribution in [2.75, 3.05) is 13.7 Å². The van der Waals surface area contributed by atoms with Crippen molar-refractivity contribution in [1.82, 2.24) is 0 Å². The minimum absolute atomic E-state index is 0.275. The Bertz CT molecular complexity index is 322. The number of aliphatic hydroxyl groups is 2. The van der Waals surface area contributed by atoms with E-state index in [0.717, 1.165) is 0 Å². The Labute approximate surface area is 81.8 Å². The fraction of sp³-hybridized carbons (Fsp3) is 0.300. The van der Waals surface area contributed by atoms with Crippen LogP contribution in [0.4, 0.5) is 0 Å². The fourth-order valence-electron chi connectivity index (χ4n) is 1.18. The molecule has 0 aliphatic rings. The lowest BCUT2D eigenvalue weighted by atomic mass is 10.0. The second kappa shape index (κ2) is 4.74. The molecule has 14 heavy (non-hydrogen) atoms. The normalized spacial score (nSPS) is 12.2. The Morgan fingerprint density at radius 3 is 2.71 bits per heavy atom. The van der Waals surface area contributed by atoms with Crippen LogP contribution in [0.2, 0.25) is 0 Å². The van der Waals surface area contributed by atoms with Crippen LogP contribution >= 0.6 is 0 Å². The number of hydrogen-bond acceptors (Lipinski definition) is 4. The van der Waals surface area contributed by atoms with Crippen LogP contribution < -0.4 is 0 Å². The third-order valence-corrected chi connectivity index (χ3v) is 1.90. The second-order valence-electron chi connectivity index (χ2n) is 2.78. The summed E-state index contributed by atoms with van der Waals surface area (Å²) >= 11 is 0. The number of carbonyl (C=O) groups excluding carboxylic acids is 1. The summed E-state index contributed by atoms with van der Waals surface area (Å²) < 4.78 is 4.54. The van der Waals surface area contributed by atoms with Crippen LogP contribution in [0.1, 0.15) is 22.0 Å². The van der Waals surface area contributed by atoms with E-state index in [1.54, 1.807) is 24.3 Å². The maximum absolute atomic E-state index is 11.2. The summed E-state index contributed by atoms with van der Waals surface area (Å²) in [5, 5.41) is 18.2. The van der Waals surface area contributed by atoms with Gasteiger partial charge in [0.05, 0.1) is 19.3 Å². The molecule has 0 aliphatic carbocycles. The highest BCUT2D eigenvalue weighted by atomic mass is 16.5. The van der Waals surface area contributed by atoms with Crippen LogP contribution in [-0.4, -0.2) is 29.9 Å². The second-order valence-corrected chi connectivity index (χ2v) is 2.78. The highest BCUT2D eigenvalue weighted by Crippen LogP contribution is 2.17. The Kier molecular flexibility index (Phi) is 3.62. The van der Waals surface area contributed by atoms with Crippen molar-refractivity contribution in [2.24, 2.45) is 0 Å². The minimum atomic E-state index is -1.05. The van der Waals surface area contributed by atoms with Gasteiger partial charge in [-0.1, -0.05) is 18.2 Å². The van der Waals surface area contributed by atoms with E-state index in [2.05, 4.69) is 4.74 Å². The number of ether oxygens (including phenoxy) is 1. The molecule has 1 aromatic carbocycles. The molecule has 76 valence electrons. The van der Waals surface area contributed by atoms with Gasteiger partial charge in [0.1, 0.15) is 6.10 Å². The lowest BCUT2D eigenvalue weighted by Crippen LogP contribution is -2.11. The fourth-order valence-corrected chi connectivity index (χ4v) is 1.18. The van der Waals surface area contributed by atoms with Crippen molar-refractivity contribution in [3.8, 4) is 0 Å². The van der Waals surface area contributed by atoms with Gasteiger partial charge in [0.25, 0.3) is 0 Å². The lowest BCUT2D eigenvalue weighted by Gasteiger charge is -2.11. The SMILES string of the molecule is COC(=O)c1ccccc1[C@H](O)CO. The molecule has 0 fully saturated rings. The molecule has 4 nitrogen and oxygen atoms in total. The molecule has 0 amide bonds. The monoisotopic (exact) mass is 196 g/mol. The van der Waals surface area contributed by atoms with Gasteiger partial charge < -0.3 is 14.9 Å². The van der Waals surface area contributed by atoms with Gasteiger partial charge in [-0.25, -0.2) is 4.79 Å². The van der Waals surface area contributed by atoms with Gasteiger partial charge >= 0.3 is 5.97 Å². The summed E-state index contributed by atoms with van der Waals surface area (Å²) in [6.45, 7) is -0.423. The largest absolute Gasteiger partial charge is 0.465 e. The molecular formula is C10H12O4. The van der Waals surface area contributed by atoms with Gasteiger partial charge in [0.15, 0.2) is 0 Å². The molecular weight excluding hydrogens is 184 g/mol. The van der Waals surface area contributed by atoms with Crippen molar-refractivity contribution in [1.29, 1.82) is 0 Å². The number of hydrogen-bond donors (Lipinski definition) is 2. The zero-order valence-electron chi connectivity index (χ0n) is 7.80. The first-order valence-corrected chi connectivity index (χ1v) is 4.17. The molecule has 0 bridgehead atoms. The van der Waals surface area contributed by atoms with Crippen molar-refractivity contribution < 1.29 is 19.7 Å². The molecule has 0 unspecified atom stereocenters. The van der Waals surface area contributed by atoms with Gasteiger partial charge in [-0.3, -0.25) is 0 Å². The summed E-state index contributed by atoms with van der Waals surface area (Å²) in [7, 11) is 1.27. The van der Waals surface area contributed by atoms with Gasteiger partial charge in [-0.05, 0) is 11.6 Å². The van der Waals surface area contributed by atoms with E-state index in [1.807, 2.05) is 0 Å². The molecule has 1 atom stereocenters. The number of carbonyl (C=O) groups is 1. The first-order chi connectivity index (χ1) is 6.70. The van der Waals surface area contributed by atoms with Crippen molar-refractivity contribution in [2.45, 2.75) is 6.10 Å². The van der Waals surface area contributed by atoms with Crippen LogP contribution in [0.15, 0.2) is 24.3 Å². The quantitative estimate of drug-likeness (QED) is 0.691. The number of esters is 1. The number of rotatable bonds is 3. The minimum Gasteiger partial charge on any atom is -0.465 e. The van der Waals surface area contributed by atoms with Crippen LogP contribution in [0.3, 0.4) is 0 Å². The Morgan fingerprint density at radius 1 is 1.50 bits per heavy atom.